The first kappa shape index (κ1) is 27.7. The summed E-state index contributed by atoms with van der Waals surface area (Å²) >= 11 is 0. The van der Waals surface area contributed by atoms with Gasteiger partial charge in [-0.25, -0.2) is 0 Å². The summed E-state index contributed by atoms with van der Waals surface area (Å²) in [5.41, 5.74) is 11.1. The number of carbonyl (C=O) groups excluding carboxylic acids is 1. The van der Waals surface area contributed by atoms with Crippen LogP contribution in [0.25, 0.3) is 21.8 Å². The van der Waals surface area contributed by atoms with E-state index < -0.39 is 0 Å². The molecule has 0 bridgehead atoms. The van der Waals surface area contributed by atoms with Gasteiger partial charge >= 0.3 is 0 Å². The molecule has 4 rings (SSSR count). The molecule has 5 nitrogen and oxygen atoms in total. The maximum atomic E-state index is 11.6. The Hall–Kier alpha value is -3.31. The summed E-state index contributed by atoms with van der Waals surface area (Å²) < 4.78 is 0. The highest BCUT2D eigenvalue weighted by Crippen LogP contribution is 2.33. The second kappa shape index (κ2) is 12.0. The molecule has 0 fully saturated rings. The molecule has 4 aromatic rings. The van der Waals surface area contributed by atoms with Gasteiger partial charge in [-0.2, -0.15) is 0 Å². The van der Waals surface area contributed by atoms with Crippen molar-refractivity contribution in [3.63, 3.8) is 0 Å². The van der Waals surface area contributed by atoms with Crippen molar-refractivity contribution in [2.24, 2.45) is 0 Å². The molecule has 38 heavy (non-hydrogen) atoms. The van der Waals surface area contributed by atoms with Crippen LogP contribution in [0, 0.1) is 0 Å². The number of carbonyl (C=O) groups is 1. The molecule has 0 aliphatic heterocycles. The van der Waals surface area contributed by atoms with Crippen molar-refractivity contribution in [3.05, 3.63) is 81.7 Å². The second-order valence-electron chi connectivity index (χ2n) is 11.0. The van der Waals surface area contributed by atoms with Gasteiger partial charge in [0.25, 0.3) is 0 Å². The summed E-state index contributed by atoms with van der Waals surface area (Å²) in [7, 11) is 1.99. The predicted molar refractivity (Wildman–Crippen MR) is 159 cm³/mol. The number of fused-ring (bicyclic) bond motifs is 2. The third kappa shape index (κ3) is 5.88. The Labute approximate surface area is 227 Å². The molecular weight excluding hydrogens is 468 g/mol. The smallest absolute Gasteiger partial charge is 0.217 e. The Morgan fingerprint density at radius 3 is 2.18 bits per heavy atom. The van der Waals surface area contributed by atoms with Crippen molar-refractivity contribution in [1.82, 2.24) is 20.6 Å². The fourth-order valence-electron chi connectivity index (χ4n) is 5.61. The molecule has 0 saturated carbocycles. The number of pyridine rings is 2. The molecule has 2 aromatic heterocycles. The summed E-state index contributed by atoms with van der Waals surface area (Å²) in [6, 6.07) is 11.3. The first-order valence-corrected chi connectivity index (χ1v) is 14.0. The average molecular weight is 511 g/mol. The maximum absolute atomic E-state index is 11.6. The van der Waals surface area contributed by atoms with Gasteiger partial charge in [0.15, 0.2) is 0 Å². The summed E-state index contributed by atoms with van der Waals surface area (Å²) in [6.07, 6.45) is 6.82. The third-order valence-corrected chi connectivity index (χ3v) is 7.44. The fourth-order valence-corrected chi connectivity index (χ4v) is 5.61. The van der Waals surface area contributed by atoms with E-state index in [1.807, 2.05) is 13.2 Å². The maximum Gasteiger partial charge on any atom is 0.217 e. The fraction of sp³-hybridized carbons (Fsp3) is 0.424. The van der Waals surface area contributed by atoms with Crippen molar-refractivity contribution < 1.29 is 4.79 Å². The van der Waals surface area contributed by atoms with E-state index in [1.54, 1.807) is 6.92 Å². The number of nitrogens with zero attached hydrogens (tertiary/aromatic N) is 2. The van der Waals surface area contributed by atoms with Crippen LogP contribution in [0.15, 0.2) is 42.7 Å². The van der Waals surface area contributed by atoms with Crippen molar-refractivity contribution in [2.75, 3.05) is 7.05 Å². The molecule has 1 amide bonds. The lowest BCUT2D eigenvalue weighted by molar-refractivity contribution is -0.119. The minimum atomic E-state index is -0.0235. The highest BCUT2D eigenvalue weighted by Gasteiger charge is 2.17. The molecule has 0 unspecified atom stereocenters. The summed E-state index contributed by atoms with van der Waals surface area (Å²) in [5.74, 6) is 0.781. The predicted octanol–water partition coefficient (Wildman–Crippen LogP) is 6.73. The standard InChI is InChI=1S/C33H42N4O/c1-8-23-13-27(19-36-22(6)38)33-30(15-23)31(21(4)5)25(18-37-33)10-9-24-14-26(17-34-7)32-29(16-24)28(20(2)3)11-12-35-32/h11-16,18,20-21,34H,8-10,17,19H2,1-7H3,(H,36,38). The molecule has 2 N–H and O–H groups in total. The van der Waals surface area contributed by atoms with Gasteiger partial charge < -0.3 is 10.6 Å². The summed E-state index contributed by atoms with van der Waals surface area (Å²) in [6.45, 7) is 14.1. The van der Waals surface area contributed by atoms with E-state index in [4.69, 9.17) is 9.97 Å². The zero-order chi connectivity index (χ0) is 27.4. The summed E-state index contributed by atoms with van der Waals surface area (Å²) in [4.78, 5) is 21.3. The van der Waals surface area contributed by atoms with Crippen LogP contribution in [0.4, 0.5) is 0 Å². The quantitative estimate of drug-likeness (QED) is 0.248. The number of hydrogen-bond donors (Lipinski definition) is 2. The van der Waals surface area contributed by atoms with E-state index in [0.717, 1.165) is 42.4 Å². The Balaban J connectivity index is 1.76. The molecule has 2 heterocycles. The lowest BCUT2D eigenvalue weighted by atomic mass is 9.88. The molecule has 0 aliphatic rings. The zero-order valence-electron chi connectivity index (χ0n) is 24.0. The van der Waals surface area contributed by atoms with Gasteiger partial charge in [0.2, 0.25) is 5.91 Å². The largest absolute Gasteiger partial charge is 0.352 e. The highest BCUT2D eigenvalue weighted by atomic mass is 16.1. The Kier molecular flexibility index (Phi) is 8.78. The van der Waals surface area contributed by atoms with E-state index in [9.17, 15) is 4.79 Å². The molecule has 200 valence electrons. The Morgan fingerprint density at radius 1 is 0.842 bits per heavy atom. The van der Waals surface area contributed by atoms with Crippen LogP contribution in [0.5, 0.6) is 0 Å². The molecule has 5 heteroatoms. The van der Waals surface area contributed by atoms with Crippen LogP contribution in [-0.2, 0) is 37.1 Å². The lowest BCUT2D eigenvalue weighted by Crippen LogP contribution is -2.19. The first-order valence-electron chi connectivity index (χ1n) is 14.0. The van der Waals surface area contributed by atoms with E-state index in [1.165, 1.54) is 44.2 Å². The molecule has 0 spiro atoms. The number of rotatable bonds is 10. The number of aryl methyl sites for hydroxylation is 3. The Morgan fingerprint density at radius 2 is 1.53 bits per heavy atom. The molecule has 0 radical (unpaired) electrons. The number of aromatic nitrogens is 2. The van der Waals surface area contributed by atoms with Crippen molar-refractivity contribution in [3.8, 4) is 0 Å². The zero-order valence-corrected chi connectivity index (χ0v) is 24.0. The van der Waals surface area contributed by atoms with E-state index in [0.29, 0.717) is 18.4 Å². The molecule has 0 aliphatic carbocycles. The van der Waals surface area contributed by atoms with E-state index in [2.05, 4.69) is 81.8 Å². The van der Waals surface area contributed by atoms with Gasteiger partial charge in [-0.1, -0.05) is 46.8 Å². The van der Waals surface area contributed by atoms with Crippen LogP contribution >= 0.6 is 0 Å². The van der Waals surface area contributed by atoms with Gasteiger partial charge in [-0.3, -0.25) is 14.8 Å². The summed E-state index contributed by atoms with van der Waals surface area (Å²) in [5, 5.41) is 8.78. The monoisotopic (exact) mass is 510 g/mol. The molecular formula is C33H42N4O. The minimum Gasteiger partial charge on any atom is -0.352 e. The molecule has 0 saturated heterocycles. The number of amides is 1. The number of hydrogen-bond acceptors (Lipinski definition) is 4. The molecule has 0 atom stereocenters. The Bertz CT molecular complexity index is 1460. The number of benzene rings is 2. The van der Waals surface area contributed by atoms with Crippen molar-refractivity contribution in [1.29, 1.82) is 0 Å². The minimum absolute atomic E-state index is 0.0235. The lowest BCUT2D eigenvalue weighted by Gasteiger charge is -2.19. The van der Waals surface area contributed by atoms with E-state index in [-0.39, 0.29) is 5.91 Å². The van der Waals surface area contributed by atoms with Crippen LogP contribution in [0.2, 0.25) is 0 Å². The normalized spacial score (nSPS) is 11.7. The van der Waals surface area contributed by atoms with Gasteiger partial charge in [0, 0.05) is 43.2 Å². The van der Waals surface area contributed by atoms with Crippen LogP contribution < -0.4 is 10.6 Å². The van der Waals surface area contributed by atoms with Crippen molar-refractivity contribution in [2.45, 2.75) is 85.7 Å². The van der Waals surface area contributed by atoms with E-state index >= 15 is 0 Å². The average Bonchev–Trinajstić information content (AvgIpc) is 2.89. The van der Waals surface area contributed by atoms with Gasteiger partial charge in [0.05, 0.1) is 11.0 Å². The first-order chi connectivity index (χ1) is 18.2. The SMILES string of the molecule is CCc1cc(CNC(C)=O)c2ncc(CCc3cc(CNC)c4nccc(C(C)C)c4c3)c(C(C)C)c2c1. The van der Waals surface area contributed by atoms with Crippen LogP contribution in [0.3, 0.4) is 0 Å². The third-order valence-electron chi connectivity index (χ3n) is 7.44. The van der Waals surface area contributed by atoms with Gasteiger partial charge in [0.1, 0.15) is 0 Å². The molecule has 2 aromatic carbocycles. The van der Waals surface area contributed by atoms with Gasteiger partial charge in [-0.05, 0) is 95.3 Å². The van der Waals surface area contributed by atoms with Crippen LogP contribution in [-0.4, -0.2) is 22.9 Å². The number of nitrogens with one attached hydrogen (secondary N) is 2. The topological polar surface area (TPSA) is 66.9 Å². The van der Waals surface area contributed by atoms with Crippen LogP contribution in [0.1, 0.15) is 92.3 Å². The van der Waals surface area contributed by atoms with Crippen molar-refractivity contribution >= 4 is 27.7 Å². The van der Waals surface area contributed by atoms with Gasteiger partial charge in [-0.15, -0.1) is 0 Å². The highest BCUT2D eigenvalue weighted by molar-refractivity contribution is 5.88. The second-order valence-corrected chi connectivity index (χ2v) is 11.0.